The third-order valence-electron chi connectivity index (χ3n) is 6.11. The van der Waals surface area contributed by atoms with Crippen LogP contribution in [0.25, 0.3) is 0 Å². The molecule has 1 aliphatic heterocycles. The topological polar surface area (TPSA) is 65.1 Å². The molecule has 0 bridgehead atoms. The second kappa shape index (κ2) is 11.5. The molecular formula is C24H29F3N4O3S2. The van der Waals surface area contributed by atoms with Gasteiger partial charge in [-0.15, -0.1) is 11.3 Å². The van der Waals surface area contributed by atoms with Gasteiger partial charge in [0.25, 0.3) is 5.91 Å². The first-order valence-corrected chi connectivity index (χ1v) is 12.7. The summed E-state index contributed by atoms with van der Waals surface area (Å²) in [6.45, 7) is 8.47. The lowest BCUT2D eigenvalue weighted by atomic mass is 10.1. The van der Waals surface area contributed by atoms with Crippen LogP contribution in [0.15, 0.2) is 24.3 Å². The van der Waals surface area contributed by atoms with Crippen LogP contribution in [0.1, 0.15) is 45.0 Å². The van der Waals surface area contributed by atoms with Gasteiger partial charge in [-0.2, -0.15) is 13.2 Å². The van der Waals surface area contributed by atoms with Gasteiger partial charge in [-0.05, 0) is 56.8 Å². The number of carbonyl (C=O) groups excluding carboxylic acids is 2. The van der Waals surface area contributed by atoms with E-state index in [4.69, 9.17) is 17.0 Å². The standard InChI is InChI=1S/C24H29F3N4O3S2/c1-5-29(6-2)21(32)19-15(3)18(22(33)34-4)20(36-19)28-23(35)31-12-10-30(11-13-31)17-9-7-8-16(14-17)24(25,26)27/h7-9,14H,5-6,10-13H2,1-4H3,(H,28,35). The minimum absolute atomic E-state index is 0.165. The van der Waals surface area contributed by atoms with Gasteiger partial charge in [-0.25, -0.2) is 4.79 Å². The Bertz CT molecular complexity index is 1120. The molecule has 1 amide bonds. The number of nitrogens with one attached hydrogen (secondary N) is 1. The summed E-state index contributed by atoms with van der Waals surface area (Å²) in [5, 5.41) is 3.91. The van der Waals surface area contributed by atoms with E-state index in [9.17, 15) is 22.8 Å². The third kappa shape index (κ3) is 5.92. The number of piperazine rings is 1. The molecule has 12 heteroatoms. The summed E-state index contributed by atoms with van der Waals surface area (Å²) >= 11 is 6.74. The number of ether oxygens (including phenoxy) is 1. The predicted molar refractivity (Wildman–Crippen MR) is 139 cm³/mol. The summed E-state index contributed by atoms with van der Waals surface area (Å²) in [7, 11) is 1.28. The van der Waals surface area contributed by atoms with Crippen LogP contribution in [-0.4, -0.2) is 73.2 Å². The number of thiophene rings is 1. The summed E-state index contributed by atoms with van der Waals surface area (Å²) in [5.74, 6) is -0.733. The normalized spacial score (nSPS) is 14.0. The lowest BCUT2D eigenvalue weighted by Crippen LogP contribution is -2.50. The van der Waals surface area contributed by atoms with Gasteiger partial charge in [0.05, 0.1) is 23.1 Å². The molecule has 1 fully saturated rings. The summed E-state index contributed by atoms with van der Waals surface area (Å²) in [6, 6.07) is 5.27. The fourth-order valence-corrected chi connectivity index (χ4v) is 5.54. The van der Waals surface area contributed by atoms with Gasteiger partial charge >= 0.3 is 12.1 Å². The molecule has 2 heterocycles. The molecule has 0 radical (unpaired) electrons. The van der Waals surface area contributed by atoms with Crippen molar-refractivity contribution in [2.45, 2.75) is 26.9 Å². The van der Waals surface area contributed by atoms with Crippen LogP contribution < -0.4 is 10.2 Å². The highest BCUT2D eigenvalue weighted by Crippen LogP contribution is 2.35. The quantitative estimate of drug-likeness (QED) is 0.413. The Hall–Kier alpha value is -2.86. The Morgan fingerprint density at radius 2 is 1.81 bits per heavy atom. The average Bonchev–Trinajstić information content (AvgIpc) is 3.19. The number of alkyl halides is 3. The highest BCUT2D eigenvalue weighted by atomic mass is 32.1. The summed E-state index contributed by atoms with van der Waals surface area (Å²) < 4.78 is 44.2. The van der Waals surface area contributed by atoms with Crippen LogP contribution in [0.2, 0.25) is 0 Å². The Morgan fingerprint density at radius 1 is 1.17 bits per heavy atom. The van der Waals surface area contributed by atoms with Crippen molar-refractivity contribution in [1.29, 1.82) is 0 Å². The molecule has 0 saturated carbocycles. The Kier molecular flexibility index (Phi) is 8.83. The van der Waals surface area contributed by atoms with Crippen molar-refractivity contribution in [2.75, 3.05) is 56.6 Å². The first-order valence-electron chi connectivity index (χ1n) is 11.5. The zero-order chi connectivity index (χ0) is 26.6. The lowest BCUT2D eigenvalue weighted by Gasteiger charge is -2.37. The fourth-order valence-electron chi connectivity index (χ4n) is 4.03. The first-order chi connectivity index (χ1) is 17.0. The molecule has 0 unspecified atom stereocenters. The average molecular weight is 543 g/mol. The maximum Gasteiger partial charge on any atom is 0.416 e. The summed E-state index contributed by atoms with van der Waals surface area (Å²) in [4.78, 5) is 31.4. The van der Waals surface area contributed by atoms with Crippen LogP contribution in [0, 0.1) is 6.92 Å². The molecule has 0 aliphatic carbocycles. The zero-order valence-corrected chi connectivity index (χ0v) is 22.2. The zero-order valence-electron chi connectivity index (χ0n) is 20.6. The number of anilines is 2. The number of esters is 1. The van der Waals surface area contributed by atoms with Gasteiger partial charge in [-0.3, -0.25) is 4.79 Å². The first kappa shape index (κ1) is 27.7. The van der Waals surface area contributed by atoms with Crippen molar-refractivity contribution in [3.63, 3.8) is 0 Å². The van der Waals surface area contributed by atoms with Crippen LogP contribution >= 0.6 is 23.6 Å². The second-order valence-electron chi connectivity index (χ2n) is 8.18. The van der Waals surface area contributed by atoms with Gasteiger partial charge in [0.15, 0.2) is 5.11 Å². The Labute approximate surface area is 217 Å². The van der Waals surface area contributed by atoms with Crippen LogP contribution in [0.4, 0.5) is 23.9 Å². The predicted octanol–water partition coefficient (Wildman–Crippen LogP) is 4.86. The molecule has 3 rings (SSSR count). The molecule has 1 aromatic carbocycles. The minimum atomic E-state index is -4.40. The monoisotopic (exact) mass is 542 g/mol. The smallest absolute Gasteiger partial charge is 0.416 e. The molecule has 2 aromatic rings. The molecule has 1 aromatic heterocycles. The van der Waals surface area contributed by atoms with E-state index in [0.29, 0.717) is 65.5 Å². The number of rotatable bonds is 6. The SMILES string of the molecule is CCN(CC)C(=O)c1sc(NC(=S)N2CCN(c3cccc(C(F)(F)F)c3)CC2)c(C(=O)OC)c1C. The number of hydrogen-bond acceptors (Lipinski definition) is 6. The van der Waals surface area contributed by atoms with Gasteiger partial charge in [0.2, 0.25) is 0 Å². The number of carbonyl (C=O) groups is 2. The number of halogens is 3. The van der Waals surface area contributed by atoms with Gasteiger partial charge in [0.1, 0.15) is 5.00 Å². The molecule has 0 spiro atoms. The number of methoxy groups -OCH3 is 1. The minimum Gasteiger partial charge on any atom is -0.465 e. The second-order valence-corrected chi connectivity index (χ2v) is 9.59. The maximum absolute atomic E-state index is 13.1. The van der Waals surface area contributed by atoms with E-state index < -0.39 is 17.7 Å². The molecule has 1 saturated heterocycles. The van der Waals surface area contributed by atoms with E-state index in [0.717, 1.165) is 23.5 Å². The maximum atomic E-state index is 13.1. The highest BCUT2D eigenvalue weighted by Gasteiger charge is 2.32. The molecule has 36 heavy (non-hydrogen) atoms. The Balaban J connectivity index is 1.74. The van der Waals surface area contributed by atoms with Crippen molar-refractivity contribution in [3.8, 4) is 0 Å². The third-order valence-corrected chi connectivity index (χ3v) is 7.66. The van der Waals surface area contributed by atoms with Crippen molar-refractivity contribution >= 4 is 51.2 Å². The van der Waals surface area contributed by atoms with Crippen LogP contribution in [0.5, 0.6) is 0 Å². The van der Waals surface area contributed by atoms with E-state index >= 15 is 0 Å². The van der Waals surface area contributed by atoms with E-state index in [1.54, 1.807) is 17.9 Å². The van der Waals surface area contributed by atoms with Crippen molar-refractivity contribution in [3.05, 3.63) is 45.8 Å². The fraction of sp³-hybridized carbons (Fsp3) is 0.458. The van der Waals surface area contributed by atoms with Gasteiger partial charge < -0.3 is 24.8 Å². The number of thiocarbonyl (C=S) groups is 1. The number of benzene rings is 1. The van der Waals surface area contributed by atoms with Crippen molar-refractivity contribution in [2.24, 2.45) is 0 Å². The van der Waals surface area contributed by atoms with Gasteiger partial charge in [-0.1, -0.05) is 6.07 Å². The molecule has 7 nitrogen and oxygen atoms in total. The lowest BCUT2D eigenvalue weighted by molar-refractivity contribution is -0.137. The van der Waals surface area contributed by atoms with E-state index in [-0.39, 0.29) is 11.5 Å². The van der Waals surface area contributed by atoms with E-state index in [1.165, 1.54) is 13.2 Å². The van der Waals surface area contributed by atoms with Crippen LogP contribution in [0.3, 0.4) is 0 Å². The summed E-state index contributed by atoms with van der Waals surface area (Å²) in [5.41, 5.74) is 0.620. The van der Waals surface area contributed by atoms with Crippen molar-refractivity contribution in [1.82, 2.24) is 9.80 Å². The molecule has 1 N–H and O–H groups in total. The van der Waals surface area contributed by atoms with Gasteiger partial charge in [0, 0.05) is 45.0 Å². The largest absolute Gasteiger partial charge is 0.465 e. The van der Waals surface area contributed by atoms with Crippen LogP contribution in [-0.2, 0) is 10.9 Å². The van der Waals surface area contributed by atoms with E-state index in [1.807, 2.05) is 23.6 Å². The van der Waals surface area contributed by atoms with Crippen molar-refractivity contribution < 1.29 is 27.5 Å². The Morgan fingerprint density at radius 3 is 2.36 bits per heavy atom. The number of amides is 1. The number of nitrogens with zero attached hydrogens (tertiary/aromatic N) is 3. The van der Waals surface area contributed by atoms with E-state index in [2.05, 4.69) is 5.32 Å². The molecule has 196 valence electrons. The summed E-state index contributed by atoms with van der Waals surface area (Å²) in [6.07, 6.45) is -4.40. The molecular weight excluding hydrogens is 513 g/mol. The highest BCUT2D eigenvalue weighted by molar-refractivity contribution is 7.80. The number of hydrogen-bond donors (Lipinski definition) is 1. The molecule has 1 aliphatic rings. The molecule has 0 atom stereocenters.